The summed E-state index contributed by atoms with van der Waals surface area (Å²) in [5.41, 5.74) is 2.02. The van der Waals surface area contributed by atoms with Crippen molar-refractivity contribution in [1.82, 2.24) is 5.32 Å². The van der Waals surface area contributed by atoms with Crippen LogP contribution in [0.5, 0.6) is 0 Å². The number of hydrogen-bond acceptors (Lipinski definition) is 3. The van der Waals surface area contributed by atoms with Crippen LogP contribution >= 0.6 is 0 Å². The molecule has 1 N–H and O–H groups in total. The molecule has 0 radical (unpaired) electrons. The van der Waals surface area contributed by atoms with Gasteiger partial charge in [0.05, 0.1) is 18.6 Å². The van der Waals surface area contributed by atoms with E-state index in [1.54, 1.807) is 12.5 Å². The Labute approximate surface area is 105 Å². The highest BCUT2D eigenvalue weighted by Crippen LogP contribution is 2.30. The molecule has 0 fully saturated rings. The van der Waals surface area contributed by atoms with Crippen LogP contribution in [0, 0.1) is 0 Å². The minimum atomic E-state index is 0.0358. The third-order valence-corrected chi connectivity index (χ3v) is 3.06. The van der Waals surface area contributed by atoms with E-state index >= 15 is 0 Å². The predicted molar refractivity (Wildman–Crippen MR) is 70.4 cm³/mol. The van der Waals surface area contributed by atoms with Crippen LogP contribution in [-0.4, -0.2) is 6.54 Å². The van der Waals surface area contributed by atoms with E-state index in [0.717, 1.165) is 28.8 Å². The fourth-order valence-corrected chi connectivity index (χ4v) is 2.25. The van der Waals surface area contributed by atoms with Gasteiger partial charge < -0.3 is 14.2 Å². The van der Waals surface area contributed by atoms with Gasteiger partial charge in [-0.05, 0) is 24.7 Å². The van der Waals surface area contributed by atoms with E-state index in [9.17, 15) is 0 Å². The molecule has 1 unspecified atom stereocenters. The van der Waals surface area contributed by atoms with Crippen molar-refractivity contribution in [2.45, 2.75) is 13.0 Å². The van der Waals surface area contributed by atoms with Gasteiger partial charge in [0.2, 0.25) is 0 Å². The van der Waals surface area contributed by atoms with Crippen molar-refractivity contribution in [2.75, 3.05) is 6.54 Å². The lowest BCUT2D eigenvalue weighted by Gasteiger charge is -2.14. The molecule has 0 amide bonds. The monoisotopic (exact) mass is 241 g/mol. The third kappa shape index (κ3) is 1.83. The zero-order chi connectivity index (χ0) is 12.4. The molecule has 0 saturated carbocycles. The maximum Gasteiger partial charge on any atom is 0.134 e. The summed E-state index contributed by atoms with van der Waals surface area (Å²) in [5, 5.41) is 4.55. The van der Waals surface area contributed by atoms with Crippen LogP contribution in [0.2, 0.25) is 0 Å². The first-order chi connectivity index (χ1) is 8.90. The highest BCUT2D eigenvalue weighted by Gasteiger charge is 2.20. The molecule has 3 aromatic rings. The molecule has 3 heteroatoms. The van der Waals surface area contributed by atoms with Crippen LogP contribution in [0.3, 0.4) is 0 Å². The van der Waals surface area contributed by atoms with Crippen molar-refractivity contribution in [3.63, 3.8) is 0 Å². The molecule has 0 aliphatic heterocycles. The van der Waals surface area contributed by atoms with Crippen LogP contribution in [-0.2, 0) is 0 Å². The standard InChI is InChI=1S/C15H15NO2/c1-2-16-15(14-8-5-9-17-14)12-10-18-13-7-4-3-6-11(12)13/h3-10,15-16H,2H2,1H3. The molecule has 3 rings (SSSR count). The Kier molecular flexibility index (Phi) is 2.90. The van der Waals surface area contributed by atoms with Crippen LogP contribution in [0.15, 0.2) is 57.8 Å². The summed E-state index contributed by atoms with van der Waals surface area (Å²) in [4.78, 5) is 0. The molecule has 0 aliphatic rings. The van der Waals surface area contributed by atoms with Gasteiger partial charge in [0.15, 0.2) is 0 Å². The van der Waals surface area contributed by atoms with E-state index in [2.05, 4.69) is 18.3 Å². The van der Waals surface area contributed by atoms with Crippen LogP contribution in [0.1, 0.15) is 24.3 Å². The zero-order valence-corrected chi connectivity index (χ0v) is 10.2. The molecule has 3 nitrogen and oxygen atoms in total. The fraction of sp³-hybridized carbons (Fsp3) is 0.200. The van der Waals surface area contributed by atoms with E-state index in [1.165, 1.54) is 0 Å². The number of furan rings is 2. The Bertz CT molecular complexity index is 625. The molecular formula is C15H15NO2. The summed E-state index contributed by atoms with van der Waals surface area (Å²) >= 11 is 0. The number of hydrogen-bond donors (Lipinski definition) is 1. The SMILES string of the molecule is CCNC(c1ccco1)c1coc2ccccc12. The Morgan fingerprint density at radius 2 is 2.00 bits per heavy atom. The fourth-order valence-electron chi connectivity index (χ4n) is 2.25. The maximum absolute atomic E-state index is 5.59. The first-order valence-corrected chi connectivity index (χ1v) is 6.13. The first-order valence-electron chi connectivity index (χ1n) is 6.13. The second kappa shape index (κ2) is 4.70. The average molecular weight is 241 g/mol. The van der Waals surface area contributed by atoms with Crippen LogP contribution in [0.25, 0.3) is 11.0 Å². The Morgan fingerprint density at radius 3 is 2.78 bits per heavy atom. The average Bonchev–Trinajstić information content (AvgIpc) is 3.06. The van der Waals surface area contributed by atoms with E-state index in [1.807, 2.05) is 30.3 Å². The molecule has 0 aliphatic carbocycles. The van der Waals surface area contributed by atoms with Gasteiger partial charge in [-0.3, -0.25) is 0 Å². The molecule has 1 atom stereocenters. The molecule has 0 spiro atoms. The summed E-state index contributed by atoms with van der Waals surface area (Å²) in [7, 11) is 0. The van der Waals surface area contributed by atoms with Gasteiger partial charge in [0.1, 0.15) is 11.3 Å². The van der Waals surface area contributed by atoms with Crippen molar-refractivity contribution >= 4 is 11.0 Å². The van der Waals surface area contributed by atoms with Gasteiger partial charge in [-0.2, -0.15) is 0 Å². The lowest BCUT2D eigenvalue weighted by molar-refractivity contribution is 0.450. The highest BCUT2D eigenvalue weighted by molar-refractivity contribution is 5.81. The van der Waals surface area contributed by atoms with E-state index in [4.69, 9.17) is 8.83 Å². The molecule has 2 aromatic heterocycles. The lowest BCUT2D eigenvalue weighted by Crippen LogP contribution is -2.21. The van der Waals surface area contributed by atoms with Gasteiger partial charge >= 0.3 is 0 Å². The van der Waals surface area contributed by atoms with Gasteiger partial charge in [-0.1, -0.05) is 25.1 Å². The number of para-hydroxylation sites is 1. The Morgan fingerprint density at radius 1 is 1.11 bits per heavy atom. The Balaban J connectivity index is 2.10. The number of rotatable bonds is 4. The summed E-state index contributed by atoms with van der Waals surface area (Å²) in [6.45, 7) is 2.95. The second-order valence-electron chi connectivity index (χ2n) is 4.19. The number of fused-ring (bicyclic) bond motifs is 1. The van der Waals surface area contributed by atoms with Crippen molar-refractivity contribution < 1.29 is 8.83 Å². The first kappa shape index (κ1) is 11.1. The topological polar surface area (TPSA) is 38.3 Å². The summed E-state index contributed by atoms with van der Waals surface area (Å²) < 4.78 is 11.1. The molecule has 0 bridgehead atoms. The highest BCUT2D eigenvalue weighted by atomic mass is 16.3. The minimum absolute atomic E-state index is 0.0358. The van der Waals surface area contributed by atoms with Crippen molar-refractivity contribution in [3.8, 4) is 0 Å². The van der Waals surface area contributed by atoms with Gasteiger partial charge in [-0.15, -0.1) is 0 Å². The van der Waals surface area contributed by atoms with Crippen molar-refractivity contribution in [1.29, 1.82) is 0 Å². The van der Waals surface area contributed by atoms with Crippen LogP contribution in [0.4, 0.5) is 0 Å². The van der Waals surface area contributed by atoms with Gasteiger partial charge in [0.25, 0.3) is 0 Å². The molecule has 1 aromatic carbocycles. The molecule has 2 heterocycles. The minimum Gasteiger partial charge on any atom is -0.467 e. The van der Waals surface area contributed by atoms with E-state index in [0.29, 0.717) is 0 Å². The smallest absolute Gasteiger partial charge is 0.134 e. The zero-order valence-electron chi connectivity index (χ0n) is 10.2. The third-order valence-electron chi connectivity index (χ3n) is 3.06. The summed E-state index contributed by atoms with van der Waals surface area (Å²) in [5.74, 6) is 0.906. The quantitative estimate of drug-likeness (QED) is 0.756. The number of benzene rings is 1. The maximum atomic E-state index is 5.59. The van der Waals surface area contributed by atoms with Crippen molar-refractivity contribution in [3.05, 3.63) is 60.2 Å². The van der Waals surface area contributed by atoms with Gasteiger partial charge in [-0.25, -0.2) is 0 Å². The summed E-state index contributed by atoms with van der Waals surface area (Å²) in [6, 6.07) is 12.0. The van der Waals surface area contributed by atoms with E-state index in [-0.39, 0.29) is 6.04 Å². The van der Waals surface area contributed by atoms with Crippen molar-refractivity contribution in [2.24, 2.45) is 0 Å². The lowest BCUT2D eigenvalue weighted by atomic mass is 10.0. The van der Waals surface area contributed by atoms with E-state index < -0.39 is 0 Å². The molecule has 92 valence electrons. The number of nitrogens with one attached hydrogen (secondary N) is 1. The molecular weight excluding hydrogens is 226 g/mol. The van der Waals surface area contributed by atoms with Crippen LogP contribution < -0.4 is 5.32 Å². The summed E-state index contributed by atoms with van der Waals surface area (Å²) in [6.07, 6.45) is 3.50. The Hall–Kier alpha value is -2.00. The molecule has 0 saturated heterocycles. The second-order valence-corrected chi connectivity index (χ2v) is 4.19. The predicted octanol–water partition coefficient (Wildman–Crippen LogP) is 3.72. The molecule has 18 heavy (non-hydrogen) atoms. The largest absolute Gasteiger partial charge is 0.467 e. The van der Waals surface area contributed by atoms with Gasteiger partial charge in [0, 0.05) is 10.9 Å². The normalized spacial score (nSPS) is 12.9.